The molecule has 0 aromatic carbocycles. The normalized spacial score (nSPS) is 16.5. The van der Waals surface area contributed by atoms with Crippen molar-refractivity contribution in [2.24, 2.45) is 17.8 Å². The molecule has 0 rings (SSSR count). The van der Waals surface area contributed by atoms with Crippen molar-refractivity contribution in [2.75, 3.05) is 0 Å². The zero-order valence-electron chi connectivity index (χ0n) is 13.8. The van der Waals surface area contributed by atoms with E-state index in [1.54, 1.807) is 0 Å². The lowest BCUT2D eigenvalue weighted by atomic mass is 9.91. The fourth-order valence-electron chi connectivity index (χ4n) is 2.67. The lowest BCUT2D eigenvalue weighted by Crippen LogP contribution is -2.00. The van der Waals surface area contributed by atoms with Gasteiger partial charge in [-0.3, -0.25) is 0 Å². The van der Waals surface area contributed by atoms with E-state index in [0.717, 1.165) is 17.8 Å². The third-order valence-corrected chi connectivity index (χ3v) is 4.54. The first-order valence-electron chi connectivity index (χ1n) is 8.60. The molecule has 0 heteroatoms. The van der Waals surface area contributed by atoms with Crippen molar-refractivity contribution >= 4 is 0 Å². The molecule has 0 aromatic heterocycles. The number of unbranched alkanes of at least 4 members (excludes halogenated alkanes) is 1. The molecule has 3 atom stereocenters. The van der Waals surface area contributed by atoms with Gasteiger partial charge in [-0.05, 0) is 17.8 Å². The largest absolute Gasteiger partial charge is 0.0654 e. The van der Waals surface area contributed by atoms with Crippen LogP contribution in [0.15, 0.2) is 0 Å². The predicted molar refractivity (Wildman–Crippen MR) is 85.0 cm³/mol. The molecule has 0 nitrogen and oxygen atoms in total. The Bertz CT molecular complexity index is 161. The van der Waals surface area contributed by atoms with E-state index in [-0.39, 0.29) is 0 Å². The van der Waals surface area contributed by atoms with Crippen LogP contribution < -0.4 is 0 Å². The van der Waals surface area contributed by atoms with Gasteiger partial charge in [-0.2, -0.15) is 0 Å². The van der Waals surface area contributed by atoms with E-state index in [2.05, 4.69) is 34.6 Å². The Kier molecular flexibility index (Phi) is 12.1. The summed E-state index contributed by atoms with van der Waals surface area (Å²) in [4.78, 5) is 0. The van der Waals surface area contributed by atoms with Gasteiger partial charge in [0.25, 0.3) is 0 Å². The van der Waals surface area contributed by atoms with E-state index >= 15 is 0 Å². The van der Waals surface area contributed by atoms with E-state index in [9.17, 15) is 0 Å². The van der Waals surface area contributed by atoms with Gasteiger partial charge in [0, 0.05) is 0 Å². The number of hydrogen-bond acceptors (Lipinski definition) is 0. The molecule has 0 saturated heterocycles. The summed E-state index contributed by atoms with van der Waals surface area (Å²) in [6.45, 7) is 11.9. The fraction of sp³-hybridized carbons (Fsp3) is 1.00. The molecule has 0 saturated carbocycles. The highest BCUT2D eigenvalue weighted by Gasteiger charge is 2.06. The average molecular weight is 255 g/mol. The first-order valence-corrected chi connectivity index (χ1v) is 8.60. The highest BCUT2D eigenvalue weighted by Crippen LogP contribution is 2.21. The molecule has 0 radical (unpaired) electrons. The van der Waals surface area contributed by atoms with Crippen molar-refractivity contribution in [3.8, 4) is 0 Å². The molecule has 0 aliphatic heterocycles. The van der Waals surface area contributed by atoms with Gasteiger partial charge in [-0.25, -0.2) is 0 Å². The van der Waals surface area contributed by atoms with Crippen molar-refractivity contribution in [3.63, 3.8) is 0 Å². The molecule has 0 heterocycles. The zero-order valence-corrected chi connectivity index (χ0v) is 13.8. The van der Waals surface area contributed by atoms with E-state index in [4.69, 9.17) is 0 Å². The van der Waals surface area contributed by atoms with Crippen LogP contribution in [0.5, 0.6) is 0 Å². The summed E-state index contributed by atoms with van der Waals surface area (Å²) in [7, 11) is 0. The maximum absolute atomic E-state index is 2.45. The van der Waals surface area contributed by atoms with Gasteiger partial charge < -0.3 is 0 Å². The van der Waals surface area contributed by atoms with Crippen LogP contribution in [0.2, 0.25) is 0 Å². The Morgan fingerprint density at radius 3 is 1.33 bits per heavy atom. The van der Waals surface area contributed by atoms with Gasteiger partial charge in [-0.15, -0.1) is 0 Å². The summed E-state index contributed by atoms with van der Waals surface area (Å²) < 4.78 is 0. The summed E-state index contributed by atoms with van der Waals surface area (Å²) in [5.74, 6) is 2.84. The van der Waals surface area contributed by atoms with Crippen molar-refractivity contribution in [3.05, 3.63) is 0 Å². The Morgan fingerprint density at radius 1 is 0.556 bits per heavy atom. The molecule has 0 amide bonds. The minimum Gasteiger partial charge on any atom is -0.0654 e. The predicted octanol–water partition coefficient (Wildman–Crippen LogP) is 6.84. The van der Waals surface area contributed by atoms with E-state index in [1.165, 1.54) is 64.2 Å². The average Bonchev–Trinajstić information content (AvgIpc) is 2.36. The van der Waals surface area contributed by atoms with Gasteiger partial charge in [0.15, 0.2) is 0 Å². The molecule has 0 spiro atoms. The van der Waals surface area contributed by atoms with Crippen LogP contribution in [0.1, 0.15) is 98.8 Å². The second-order valence-corrected chi connectivity index (χ2v) is 6.73. The summed E-state index contributed by atoms with van der Waals surface area (Å²) in [5.41, 5.74) is 0. The second kappa shape index (κ2) is 12.1. The molecular weight excluding hydrogens is 216 g/mol. The SMILES string of the molecule is CCCCC(C)CCCC(C)CCCC(C)CC. The number of rotatable bonds is 12. The monoisotopic (exact) mass is 254 g/mol. The second-order valence-electron chi connectivity index (χ2n) is 6.73. The molecule has 0 N–H and O–H groups in total. The lowest BCUT2D eigenvalue weighted by molar-refractivity contribution is 0.382. The van der Waals surface area contributed by atoms with Gasteiger partial charge in [0.2, 0.25) is 0 Å². The Hall–Kier alpha value is 0. The van der Waals surface area contributed by atoms with E-state index in [0.29, 0.717) is 0 Å². The molecule has 0 aliphatic rings. The Balaban J connectivity index is 3.38. The molecule has 110 valence electrons. The zero-order chi connectivity index (χ0) is 13.8. The molecule has 0 fully saturated rings. The highest BCUT2D eigenvalue weighted by molar-refractivity contribution is 4.59. The third kappa shape index (κ3) is 11.1. The van der Waals surface area contributed by atoms with Crippen molar-refractivity contribution in [2.45, 2.75) is 98.8 Å². The van der Waals surface area contributed by atoms with Gasteiger partial charge in [0.1, 0.15) is 0 Å². The van der Waals surface area contributed by atoms with E-state index in [1.807, 2.05) is 0 Å². The maximum Gasteiger partial charge on any atom is -0.0443 e. The van der Waals surface area contributed by atoms with Crippen LogP contribution in [0, 0.1) is 17.8 Å². The molecule has 3 unspecified atom stereocenters. The van der Waals surface area contributed by atoms with Crippen LogP contribution in [-0.4, -0.2) is 0 Å². The molecule has 0 aromatic rings. The van der Waals surface area contributed by atoms with Gasteiger partial charge >= 0.3 is 0 Å². The minimum atomic E-state index is 0.936. The van der Waals surface area contributed by atoms with Crippen molar-refractivity contribution < 1.29 is 0 Å². The first-order chi connectivity index (χ1) is 8.60. The molecule has 0 bridgehead atoms. The molecule has 18 heavy (non-hydrogen) atoms. The Labute approximate surface area is 117 Å². The summed E-state index contributed by atoms with van der Waals surface area (Å²) >= 11 is 0. The Morgan fingerprint density at radius 2 is 0.944 bits per heavy atom. The topological polar surface area (TPSA) is 0 Å². The molecule has 0 aliphatic carbocycles. The smallest absolute Gasteiger partial charge is 0.0443 e. The minimum absolute atomic E-state index is 0.936. The van der Waals surface area contributed by atoms with E-state index < -0.39 is 0 Å². The van der Waals surface area contributed by atoms with Crippen LogP contribution in [0.4, 0.5) is 0 Å². The first kappa shape index (κ1) is 18.0. The molecular formula is C18H38. The van der Waals surface area contributed by atoms with Crippen LogP contribution in [0.25, 0.3) is 0 Å². The van der Waals surface area contributed by atoms with Gasteiger partial charge in [0.05, 0.1) is 0 Å². The standard InChI is InChI=1S/C18H38/c1-6-8-11-17(4)14-10-15-18(5)13-9-12-16(3)7-2/h16-18H,6-15H2,1-5H3. The van der Waals surface area contributed by atoms with Crippen molar-refractivity contribution in [1.29, 1.82) is 0 Å². The van der Waals surface area contributed by atoms with Crippen molar-refractivity contribution in [1.82, 2.24) is 0 Å². The summed E-state index contributed by atoms with van der Waals surface area (Å²) in [6, 6.07) is 0. The maximum atomic E-state index is 2.45. The highest BCUT2D eigenvalue weighted by atomic mass is 14.1. The summed E-state index contributed by atoms with van der Waals surface area (Å²) in [6.07, 6.45) is 14.3. The van der Waals surface area contributed by atoms with Gasteiger partial charge in [-0.1, -0.05) is 98.8 Å². The summed E-state index contributed by atoms with van der Waals surface area (Å²) in [5, 5.41) is 0. The lowest BCUT2D eigenvalue weighted by Gasteiger charge is -2.15. The van der Waals surface area contributed by atoms with Crippen LogP contribution in [-0.2, 0) is 0 Å². The third-order valence-electron chi connectivity index (χ3n) is 4.54. The quantitative estimate of drug-likeness (QED) is 0.358. The van der Waals surface area contributed by atoms with Crippen LogP contribution in [0.3, 0.4) is 0 Å². The number of hydrogen-bond donors (Lipinski definition) is 0. The van der Waals surface area contributed by atoms with Crippen LogP contribution >= 0.6 is 0 Å². The fourth-order valence-corrected chi connectivity index (χ4v) is 2.67.